The van der Waals surface area contributed by atoms with Gasteiger partial charge in [0.15, 0.2) is 5.84 Å². The minimum absolute atomic E-state index is 0.109. The number of amidine groups is 1. The van der Waals surface area contributed by atoms with E-state index in [4.69, 9.17) is 0 Å². The molecule has 1 aliphatic heterocycles. The van der Waals surface area contributed by atoms with Crippen LogP contribution in [0, 0.1) is 0 Å². The fourth-order valence-electron chi connectivity index (χ4n) is 2.36. The summed E-state index contributed by atoms with van der Waals surface area (Å²) in [4.78, 5) is 27.9. The molecular weight excluding hydrogens is 346 g/mol. The summed E-state index contributed by atoms with van der Waals surface area (Å²) in [6.07, 6.45) is 1.58. The Bertz CT molecular complexity index is 950. The number of hydrogen-bond acceptors (Lipinski definition) is 5. The summed E-state index contributed by atoms with van der Waals surface area (Å²) in [5.41, 5.74) is 5.26. The molecule has 0 unspecified atom stereocenters. The van der Waals surface area contributed by atoms with Crippen LogP contribution in [-0.4, -0.2) is 49.5 Å². The van der Waals surface area contributed by atoms with E-state index in [1.165, 1.54) is 11.0 Å². The van der Waals surface area contributed by atoms with E-state index in [0.29, 0.717) is 11.3 Å². The molecule has 0 aliphatic carbocycles. The van der Waals surface area contributed by atoms with Crippen molar-refractivity contribution in [3.05, 3.63) is 53.9 Å². The van der Waals surface area contributed by atoms with Crippen LogP contribution in [0.5, 0.6) is 0 Å². The highest BCUT2D eigenvalue weighted by Crippen LogP contribution is 2.26. The van der Waals surface area contributed by atoms with Gasteiger partial charge < -0.3 is 9.88 Å². The number of carbonyl (C=O) groups is 2. The maximum Gasteiger partial charge on any atom is 0.286 e. The van der Waals surface area contributed by atoms with E-state index in [9.17, 15) is 18.0 Å². The highest BCUT2D eigenvalue weighted by molar-refractivity contribution is 7.90. The van der Waals surface area contributed by atoms with Crippen LogP contribution in [0.2, 0.25) is 0 Å². The Hall–Kier alpha value is -3.14. The third-order valence-electron chi connectivity index (χ3n) is 3.51. The number of H-pyrrole nitrogens is 1. The lowest BCUT2D eigenvalue weighted by molar-refractivity contribution is -0.122. The maximum atomic E-state index is 12.0. The highest BCUT2D eigenvalue weighted by atomic mass is 32.2. The Kier molecular flexibility index (Phi) is 4.28. The van der Waals surface area contributed by atoms with Crippen molar-refractivity contribution < 1.29 is 18.0 Å². The third kappa shape index (κ3) is 3.38. The molecule has 1 aromatic heterocycles. The molecule has 0 fully saturated rings. The second-order valence-electron chi connectivity index (χ2n) is 5.33. The molecule has 0 atom stereocenters. The molecule has 130 valence electrons. The zero-order valence-corrected chi connectivity index (χ0v) is 14.0. The van der Waals surface area contributed by atoms with E-state index < -0.39 is 21.8 Å². The molecule has 10 heteroatoms. The van der Waals surface area contributed by atoms with Gasteiger partial charge in [0.2, 0.25) is 0 Å². The molecular formula is C15H15N5O4S. The molecule has 1 aliphatic rings. The number of benzene rings is 1. The molecule has 3 N–H and O–H groups in total. The molecule has 3 rings (SSSR count). The largest absolute Gasteiger partial charge is 0.357 e. The molecule has 0 saturated carbocycles. The number of hydrazine groups is 1. The molecule has 1 aromatic carbocycles. The van der Waals surface area contributed by atoms with E-state index in [-0.39, 0.29) is 17.3 Å². The van der Waals surface area contributed by atoms with E-state index in [1.807, 2.05) is 0 Å². The Morgan fingerprint density at radius 3 is 2.64 bits per heavy atom. The predicted octanol–water partition coefficient (Wildman–Crippen LogP) is -0.143. The van der Waals surface area contributed by atoms with Crippen molar-refractivity contribution in [1.82, 2.24) is 20.7 Å². The van der Waals surface area contributed by atoms with Crippen LogP contribution in [0.4, 0.5) is 0 Å². The molecule has 2 amide bonds. The first-order valence-corrected chi connectivity index (χ1v) is 8.70. The lowest BCUT2D eigenvalue weighted by atomic mass is 10.2. The van der Waals surface area contributed by atoms with Crippen molar-refractivity contribution in [1.29, 1.82) is 0 Å². The number of sulfonamides is 1. The number of rotatable bonds is 3. The summed E-state index contributed by atoms with van der Waals surface area (Å²) < 4.78 is 27.8. The molecule has 0 radical (unpaired) electrons. The summed E-state index contributed by atoms with van der Waals surface area (Å²) >= 11 is 0. The first kappa shape index (κ1) is 16.7. The molecule has 25 heavy (non-hydrogen) atoms. The third-order valence-corrected chi connectivity index (χ3v) is 4.84. The van der Waals surface area contributed by atoms with Gasteiger partial charge in [0.25, 0.3) is 21.8 Å². The van der Waals surface area contributed by atoms with Crippen molar-refractivity contribution in [2.75, 3.05) is 13.6 Å². The number of fused-ring (bicyclic) bond motifs is 1. The van der Waals surface area contributed by atoms with Crippen LogP contribution in [0.15, 0.2) is 51.9 Å². The molecule has 2 aromatic rings. The number of nitrogens with one attached hydrogen (secondary N) is 3. The van der Waals surface area contributed by atoms with Crippen LogP contribution >= 0.6 is 0 Å². The first-order chi connectivity index (χ1) is 11.9. The number of amides is 2. The number of carbonyl (C=O) groups excluding carboxylic acids is 2. The average Bonchev–Trinajstić information content (AvgIpc) is 3.20. The summed E-state index contributed by atoms with van der Waals surface area (Å²) in [5, 5.41) is 0. The van der Waals surface area contributed by atoms with Crippen molar-refractivity contribution >= 4 is 27.7 Å². The second-order valence-corrected chi connectivity index (χ2v) is 6.90. The topological polar surface area (TPSA) is 124 Å². The van der Waals surface area contributed by atoms with E-state index in [2.05, 4.69) is 20.2 Å². The van der Waals surface area contributed by atoms with Gasteiger partial charge in [0, 0.05) is 18.8 Å². The number of aromatic amines is 1. The average molecular weight is 361 g/mol. The van der Waals surface area contributed by atoms with Crippen LogP contribution in [0.1, 0.15) is 16.1 Å². The van der Waals surface area contributed by atoms with Gasteiger partial charge in [-0.15, -0.1) is 4.40 Å². The monoisotopic (exact) mass is 361 g/mol. The molecule has 0 bridgehead atoms. The normalized spacial score (nSPS) is 14.4. The predicted molar refractivity (Wildman–Crippen MR) is 89.2 cm³/mol. The number of hydrogen-bond donors (Lipinski definition) is 3. The number of likely N-dealkylation sites (N-methyl/N-ethyl adjacent to an activating group) is 1. The van der Waals surface area contributed by atoms with Gasteiger partial charge in [-0.05, 0) is 24.3 Å². The summed E-state index contributed by atoms with van der Waals surface area (Å²) in [6.45, 7) is -0.187. The Morgan fingerprint density at radius 2 is 1.92 bits per heavy atom. The van der Waals surface area contributed by atoms with E-state index in [1.54, 1.807) is 43.6 Å². The van der Waals surface area contributed by atoms with Gasteiger partial charge >= 0.3 is 0 Å². The number of nitrogens with zero attached hydrogens (tertiary/aromatic N) is 2. The second kappa shape index (κ2) is 6.40. The van der Waals surface area contributed by atoms with E-state index >= 15 is 0 Å². The molecule has 0 saturated heterocycles. The maximum absolute atomic E-state index is 12.0. The quantitative estimate of drug-likeness (QED) is 0.656. The fourth-order valence-corrected chi connectivity index (χ4v) is 3.61. The van der Waals surface area contributed by atoms with Gasteiger partial charge in [-0.1, -0.05) is 12.1 Å². The Balaban J connectivity index is 1.64. The van der Waals surface area contributed by atoms with Crippen LogP contribution in [0.25, 0.3) is 0 Å². The summed E-state index contributed by atoms with van der Waals surface area (Å²) in [5.74, 6) is -0.833. The minimum Gasteiger partial charge on any atom is -0.357 e. The first-order valence-electron chi connectivity index (χ1n) is 7.26. The lowest BCUT2D eigenvalue weighted by Crippen LogP contribution is -2.46. The van der Waals surface area contributed by atoms with Crippen LogP contribution in [0.3, 0.4) is 0 Å². The van der Waals surface area contributed by atoms with Crippen LogP contribution < -0.4 is 10.9 Å². The Labute approximate surface area is 143 Å². The van der Waals surface area contributed by atoms with Gasteiger partial charge in [-0.2, -0.15) is 8.42 Å². The fraction of sp³-hybridized carbons (Fsp3) is 0.133. The Morgan fingerprint density at radius 1 is 1.16 bits per heavy atom. The minimum atomic E-state index is -3.75. The van der Waals surface area contributed by atoms with Crippen molar-refractivity contribution in [3.63, 3.8) is 0 Å². The lowest BCUT2D eigenvalue weighted by Gasteiger charge is -2.18. The van der Waals surface area contributed by atoms with Crippen molar-refractivity contribution in [2.24, 2.45) is 4.40 Å². The summed E-state index contributed by atoms with van der Waals surface area (Å²) in [7, 11) is -2.21. The van der Waals surface area contributed by atoms with Crippen LogP contribution in [-0.2, 0) is 14.8 Å². The van der Waals surface area contributed by atoms with Gasteiger partial charge in [-0.3, -0.25) is 20.4 Å². The molecule has 0 spiro atoms. The zero-order chi connectivity index (χ0) is 18.0. The van der Waals surface area contributed by atoms with Gasteiger partial charge in [0.1, 0.15) is 10.6 Å². The van der Waals surface area contributed by atoms with Gasteiger partial charge in [-0.25, -0.2) is 0 Å². The standard InChI is InChI=1S/C15H15N5O4S/c1-20(9-13(21)17-18-15(22)11-6-4-8-16-11)14-10-5-2-3-7-12(10)25(23,24)19-14/h2-8,16H,9H2,1H3,(H,17,21)(H,18,22). The highest BCUT2D eigenvalue weighted by Gasteiger charge is 2.30. The smallest absolute Gasteiger partial charge is 0.286 e. The van der Waals surface area contributed by atoms with Crippen molar-refractivity contribution in [2.45, 2.75) is 4.90 Å². The SMILES string of the molecule is CN(CC(=O)NNC(=O)c1ccc[nH]1)C1=NS(=O)(=O)c2ccccc21. The molecule has 9 nitrogen and oxygen atoms in total. The summed E-state index contributed by atoms with van der Waals surface area (Å²) in [6, 6.07) is 9.60. The van der Waals surface area contributed by atoms with Crippen molar-refractivity contribution in [3.8, 4) is 0 Å². The molecule has 2 heterocycles. The zero-order valence-electron chi connectivity index (χ0n) is 13.2. The number of aromatic nitrogens is 1. The van der Waals surface area contributed by atoms with E-state index in [0.717, 1.165) is 0 Å². The van der Waals surface area contributed by atoms with Gasteiger partial charge in [0.05, 0.1) is 6.54 Å².